The van der Waals surface area contributed by atoms with Crippen molar-refractivity contribution in [3.63, 3.8) is 0 Å². The summed E-state index contributed by atoms with van der Waals surface area (Å²) in [5.74, 6) is -1.59. The number of rotatable bonds is 4. The molecule has 2 rings (SSSR count). The number of hydrogen-bond acceptors (Lipinski definition) is 5. The monoisotopic (exact) mass is 346 g/mol. The molecule has 0 spiro atoms. The molecule has 0 radical (unpaired) electrons. The molecule has 0 heterocycles. The van der Waals surface area contributed by atoms with Gasteiger partial charge in [0.2, 0.25) is 0 Å². The Labute approximate surface area is 148 Å². The lowest BCUT2D eigenvalue weighted by Gasteiger charge is -2.45. The maximum atomic E-state index is 13.2. The molecule has 0 N–H and O–H groups in total. The number of hydrogen-bond donors (Lipinski definition) is 0. The highest BCUT2D eigenvalue weighted by Gasteiger charge is 2.61. The molecule has 1 aromatic carbocycles. The first-order valence-corrected chi connectivity index (χ1v) is 8.46. The van der Waals surface area contributed by atoms with Crippen molar-refractivity contribution in [1.29, 1.82) is 0 Å². The second-order valence-electron chi connectivity index (χ2n) is 7.56. The first-order valence-electron chi connectivity index (χ1n) is 8.46. The number of esters is 1. The van der Waals surface area contributed by atoms with Crippen LogP contribution in [0.25, 0.3) is 0 Å². The van der Waals surface area contributed by atoms with Crippen molar-refractivity contribution in [3.05, 3.63) is 35.9 Å². The van der Waals surface area contributed by atoms with Crippen molar-refractivity contribution < 1.29 is 23.9 Å². The fraction of sp³-hybridized carbons (Fsp3) is 0.550. The van der Waals surface area contributed by atoms with Crippen LogP contribution in [0, 0.1) is 5.41 Å². The SMILES string of the molecule is CO[C@@H]1CC(=O)C[C@@H](c2ccccc2)[C@@]1(C(C)=O)C(=O)OC(C)(C)C. The maximum Gasteiger partial charge on any atom is 0.323 e. The summed E-state index contributed by atoms with van der Waals surface area (Å²) in [5.41, 5.74) is -1.52. The van der Waals surface area contributed by atoms with E-state index in [2.05, 4.69) is 0 Å². The Morgan fingerprint density at radius 3 is 2.20 bits per heavy atom. The minimum Gasteiger partial charge on any atom is -0.459 e. The summed E-state index contributed by atoms with van der Waals surface area (Å²) in [4.78, 5) is 38.3. The summed E-state index contributed by atoms with van der Waals surface area (Å²) in [6.07, 6.45) is -0.701. The number of Topliss-reactive ketones (excluding diaryl/α,β-unsaturated/α-hetero) is 2. The summed E-state index contributed by atoms with van der Waals surface area (Å²) >= 11 is 0. The van der Waals surface area contributed by atoms with Gasteiger partial charge < -0.3 is 9.47 Å². The van der Waals surface area contributed by atoms with E-state index < -0.39 is 29.0 Å². The van der Waals surface area contributed by atoms with Crippen LogP contribution in [0.1, 0.15) is 52.0 Å². The Morgan fingerprint density at radius 1 is 1.12 bits per heavy atom. The zero-order valence-electron chi connectivity index (χ0n) is 15.5. The second kappa shape index (κ2) is 7.08. The Balaban J connectivity index is 2.64. The number of carbonyl (C=O) groups excluding carboxylic acids is 3. The molecule has 0 bridgehead atoms. The second-order valence-corrected chi connectivity index (χ2v) is 7.56. The average molecular weight is 346 g/mol. The topological polar surface area (TPSA) is 69.7 Å². The van der Waals surface area contributed by atoms with Gasteiger partial charge in [-0.2, -0.15) is 0 Å². The van der Waals surface area contributed by atoms with E-state index in [0.717, 1.165) is 5.56 Å². The molecule has 1 aromatic rings. The zero-order valence-corrected chi connectivity index (χ0v) is 15.5. The maximum absolute atomic E-state index is 13.2. The highest BCUT2D eigenvalue weighted by molar-refractivity contribution is 6.07. The van der Waals surface area contributed by atoms with Crippen LogP contribution in [-0.4, -0.2) is 36.4 Å². The van der Waals surface area contributed by atoms with Gasteiger partial charge in [0.05, 0.1) is 6.10 Å². The minimum absolute atomic E-state index is 0.0264. The lowest BCUT2D eigenvalue weighted by atomic mass is 9.59. The van der Waals surface area contributed by atoms with Crippen molar-refractivity contribution in [2.45, 2.75) is 58.2 Å². The molecule has 0 aliphatic heterocycles. The van der Waals surface area contributed by atoms with E-state index in [9.17, 15) is 14.4 Å². The molecule has 136 valence electrons. The van der Waals surface area contributed by atoms with E-state index in [-0.39, 0.29) is 24.4 Å². The molecular formula is C20H26O5. The van der Waals surface area contributed by atoms with Gasteiger partial charge >= 0.3 is 5.97 Å². The lowest BCUT2D eigenvalue weighted by Crippen LogP contribution is -2.58. The number of carbonyl (C=O) groups is 3. The lowest BCUT2D eigenvalue weighted by molar-refractivity contribution is -0.185. The van der Waals surface area contributed by atoms with Crippen molar-refractivity contribution in [2.75, 3.05) is 7.11 Å². The zero-order chi connectivity index (χ0) is 18.8. The first kappa shape index (κ1) is 19.3. The Morgan fingerprint density at radius 2 is 1.72 bits per heavy atom. The predicted molar refractivity (Wildman–Crippen MR) is 93.2 cm³/mol. The molecule has 0 saturated heterocycles. The van der Waals surface area contributed by atoms with Gasteiger partial charge in [0.15, 0.2) is 5.41 Å². The molecule has 1 fully saturated rings. The van der Waals surface area contributed by atoms with Crippen LogP contribution >= 0.6 is 0 Å². The van der Waals surface area contributed by atoms with E-state index >= 15 is 0 Å². The van der Waals surface area contributed by atoms with E-state index in [1.165, 1.54) is 14.0 Å². The minimum atomic E-state index is -1.53. The van der Waals surface area contributed by atoms with Gasteiger partial charge in [0.1, 0.15) is 17.2 Å². The Bertz CT molecular complexity index is 658. The van der Waals surface area contributed by atoms with Gasteiger partial charge in [-0.15, -0.1) is 0 Å². The largest absolute Gasteiger partial charge is 0.459 e. The third kappa shape index (κ3) is 3.66. The predicted octanol–water partition coefficient (Wildman–Crippen LogP) is 3.07. The number of benzene rings is 1. The van der Waals surface area contributed by atoms with Crippen molar-refractivity contribution >= 4 is 17.5 Å². The number of ketones is 2. The molecule has 0 unspecified atom stereocenters. The fourth-order valence-electron chi connectivity index (χ4n) is 3.65. The van der Waals surface area contributed by atoms with Crippen LogP contribution in [0.2, 0.25) is 0 Å². The molecule has 5 nitrogen and oxygen atoms in total. The summed E-state index contributed by atoms with van der Waals surface area (Å²) in [6.45, 7) is 6.64. The normalized spacial score (nSPS) is 27.0. The Kier molecular flexibility index (Phi) is 5.47. The molecule has 0 amide bonds. The highest BCUT2D eigenvalue weighted by atomic mass is 16.6. The van der Waals surface area contributed by atoms with Crippen LogP contribution in [-0.2, 0) is 23.9 Å². The van der Waals surface area contributed by atoms with Gasteiger partial charge in [-0.25, -0.2) is 0 Å². The molecule has 0 aromatic heterocycles. The van der Waals surface area contributed by atoms with E-state index in [0.29, 0.717) is 0 Å². The molecule has 1 aliphatic carbocycles. The van der Waals surface area contributed by atoms with Gasteiger partial charge in [-0.1, -0.05) is 30.3 Å². The van der Waals surface area contributed by atoms with Crippen LogP contribution in [0.15, 0.2) is 30.3 Å². The number of ether oxygens (including phenoxy) is 2. The summed E-state index contributed by atoms with van der Waals surface area (Å²) in [7, 11) is 1.42. The Hall–Kier alpha value is -2.01. The summed E-state index contributed by atoms with van der Waals surface area (Å²) < 4.78 is 11.1. The third-order valence-electron chi connectivity index (χ3n) is 4.71. The van der Waals surface area contributed by atoms with Crippen LogP contribution in [0.5, 0.6) is 0 Å². The van der Waals surface area contributed by atoms with E-state index in [1.807, 2.05) is 30.3 Å². The smallest absolute Gasteiger partial charge is 0.323 e. The van der Waals surface area contributed by atoms with Crippen LogP contribution in [0.4, 0.5) is 0 Å². The fourth-order valence-corrected chi connectivity index (χ4v) is 3.65. The highest BCUT2D eigenvalue weighted by Crippen LogP contribution is 2.49. The summed E-state index contributed by atoms with van der Waals surface area (Å²) in [6, 6.07) is 9.17. The number of methoxy groups -OCH3 is 1. The molecule has 1 aliphatic rings. The molecule has 5 heteroatoms. The van der Waals surface area contributed by atoms with Gasteiger partial charge in [-0.3, -0.25) is 14.4 Å². The molecule has 1 saturated carbocycles. The quantitative estimate of drug-likeness (QED) is 0.619. The van der Waals surface area contributed by atoms with Crippen LogP contribution < -0.4 is 0 Å². The van der Waals surface area contributed by atoms with Gasteiger partial charge in [0.25, 0.3) is 0 Å². The van der Waals surface area contributed by atoms with Crippen molar-refractivity contribution in [3.8, 4) is 0 Å². The first-order chi connectivity index (χ1) is 11.6. The summed E-state index contributed by atoms with van der Waals surface area (Å²) in [5, 5.41) is 0. The van der Waals surface area contributed by atoms with Crippen molar-refractivity contribution in [2.24, 2.45) is 5.41 Å². The standard InChI is InChI=1S/C20H26O5/c1-13(21)20(18(23)25-19(2,3)4)16(14-9-7-6-8-10-14)11-15(22)12-17(20)24-5/h6-10,16-17H,11-12H2,1-5H3/t16-,17+,20+/m0/s1. The average Bonchev–Trinajstić information content (AvgIpc) is 2.52. The van der Waals surface area contributed by atoms with Gasteiger partial charge in [0, 0.05) is 25.9 Å². The van der Waals surface area contributed by atoms with E-state index in [4.69, 9.17) is 9.47 Å². The van der Waals surface area contributed by atoms with Gasteiger partial charge in [-0.05, 0) is 33.3 Å². The molecule has 25 heavy (non-hydrogen) atoms. The van der Waals surface area contributed by atoms with Crippen molar-refractivity contribution in [1.82, 2.24) is 0 Å². The molecule has 3 atom stereocenters. The van der Waals surface area contributed by atoms with E-state index in [1.54, 1.807) is 20.8 Å². The molecular weight excluding hydrogens is 320 g/mol. The third-order valence-corrected chi connectivity index (χ3v) is 4.71. The van der Waals surface area contributed by atoms with Crippen LogP contribution in [0.3, 0.4) is 0 Å².